The number of carbonyl (C=O) groups excluding carboxylic acids is 2. The Morgan fingerprint density at radius 1 is 0.435 bits per heavy atom. The molecule has 6 nitrogen and oxygen atoms in total. The van der Waals surface area contributed by atoms with E-state index >= 15 is 0 Å². The summed E-state index contributed by atoms with van der Waals surface area (Å²) in [6, 6.07) is 21.8. The number of pyridine rings is 2. The number of rotatable bonds is 31. The van der Waals surface area contributed by atoms with Crippen molar-refractivity contribution in [3.05, 3.63) is 107 Å². The maximum Gasteiger partial charge on any atom is 0.391 e. The number of alkyl halides is 6. The van der Waals surface area contributed by atoms with Gasteiger partial charge in [-0.3, -0.25) is 9.97 Å². The Morgan fingerprint density at radius 2 is 0.768 bits per heavy atom. The van der Waals surface area contributed by atoms with Crippen LogP contribution >= 0.6 is 0 Å². The highest BCUT2D eigenvalue weighted by atomic mass is 19.4. The molecule has 382 valence electrons. The fourth-order valence-electron chi connectivity index (χ4n) is 8.06. The van der Waals surface area contributed by atoms with E-state index in [9.17, 15) is 35.9 Å². The van der Waals surface area contributed by atoms with Crippen LogP contribution in [0, 0.1) is 11.8 Å². The highest BCUT2D eigenvalue weighted by Gasteiger charge is 2.39. The van der Waals surface area contributed by atoms with E-state index in [1.165, 1.54) is 62.5 Å². The molecule has 69 heavy (non-hydrogen) atoms. The second-order valence-electron chi connectivity index (χ2n) is 18.3. The SMILES string of the molecule is CCCCCCCc1ccc(-c2ccc(C(=O)OCCC(CCCCCC)C(F)(F)F)cc2)nc1.CCCCCCc1ccc(-c2ccc(C(=O)OCCC(CCCCCC)C(F)(F)F)cc2)nc1. The molecule has 2 aromatic heterocycles. The van der Waals surface area contributed by atoms with Crippen molar-refractivity contribution in [1.29, 1.82) is 0 Å². The Hall–Kier alpha value is -4.74. The maximum atomic E-state index is 13.3. The molecule has 0 N–H and O–H groups in total. The van der Waals surface area contributed by atoms with Gasteiger partial charge in [0.15, 0.2) is 0 Å². The molecule has 0 radical (unpaired) electrons. The monoisotopic (exact) mass is 969 g/mol. The van der Waals surface area contributed by atoms with Crippen LogP contribution in [0.2, 0.25) is 0 Å². The number of aromatic nitrogens is 2. The second kappa shape index (κ2) is 33.0. The third-order valence-corrected chi connectivity index (χ3v) is 12.5. The van der Waals surface area contributed by atoms with Gasteiger partial charge in [-0.2, -0.15) is 26.3 Å². The molecular weight excluding hydrogens is 891 g/mol. The van der Waals surface area contributed by atoms with Gasteiger partial charge >= 0.3 is 24.3 Å². The van der Waals surface area contributed by atoms with Crippen LogP contribution in [0.1, 0.15) is 194 Å². The van der Waals surface area contributed by atoms with Crippen LogP contribution in [0.15, 0.2) is 85.2 Å². The number of aryl methyl sites for hydroxylation is 2. The van der Waals surface area contributed by atoms with Crippen molar-refractivity contribution < 1.29 is 45.4 Å². The standard InChI is InChI=1S/C29H40F3NO2.C28H38F3NO2/c1-3-5-7-9-10-12-23-14-19-27(33-22-23)24-15-17-25(18-16-24)28(34)35-21-20-26(29(30,31)32)13-11-8-6-4-2;1-3-5-7-9-11-22-13-18-26(32-21-22)23-14-16-24(17-15-23)27(33)34-20-19-25(28(29,30)31)12-10-8-6-4-2/h14-19,22,26H,3-13,20-21H2,1-2H3;13-18,21,25H,3-12,19-20H2,1-2H3. The number of benzene rings is 2. The molecule has 0 aliphatic heterocycles. The average Bonchev–Trinajstić information content (AvgIpc) is 3.34. The van der Waals surface area contributed by atoms with Crippen molar-refractivity contribution in [2.75, 3.05) is 13.2 Å². The lowest BCUT2D eigenvalue weighted by molar-refractivity contribution is -0.181. The summed E-state index contributed by atoms with van der Waals surface area (Å²) >= 11 is 0. The van der Waals surface area contributed by atoms with Crippen molar-refractivity contribution in [1.82, 2.24) is 9.97 Å². The summed E-state index contributed by atoms with van der Waals surface area (Å²) in [6.45, 7) is 7.98. The summed E-state index contributed by atoms with van der Waals surface area (Å²) in [5.41, 5.74) is 6.45. The molecule has 12 heteroatoms. The number of carbonyl (C=O) groups is 2. The zero-order chi connectivity index (χ0) is 50.3. The minimum absolute atomic E-state index is 0.0836. The van der Waals surface area contributed by atoms with E-state index in [-0.39, 0.29) is 38.9 Å². The highest BCUT2D eigenvalue weighted by molar-refractivity contribution is 5.90. The summed E-state index contributed by atoms with van der Waals surface area (Å²) in [7, 11) is 0. The van der Waals surface area contributed by atoms with Crippen molar-refractivity contribution in [2.24, 2.45) is 11.8 Å². The van der Waals surface area contributed by atoms with E-state index in [4.69, 9.17) is 9.47 Å². The summed E-state index contributed by atoms with van der Waals surface area (Å²) in [5, 5.41) is 0. The third-order valence-electron chi connectivity index (χ3n) is 12.5. The first kappa shape index (κ1) is 58.6. The van der Waals surface area contributed by atoms with E-state index in [1.807, 2.05) is 38.4 Å². The minimum Gasteiger partial charge on any atom is -0.462 e. The van der Waals surface area contributed by atoms with Crippen molar-refractivity contribution in [3.8, 4) is 22.5 Å². The van der Waals surface area contributed by atoms with Crippen LogP contribution in [0.5, 0.6) is 0 Å². The summed E-state index contributed by atoms with van der Waals surface area (Å²) in [4.78, 5) is 33.7. The Morgan fingerprint density at radius 3 is 1.09 bits per heavy atom. The van der Waals surface area contributed by atoms with Crippen molar-refractivity contribution >= 4 is 11.9 Å². The fraction of sp³-hybridized carbons (Fsp3) is 0.579. The zero-order valence-corrected chi connectivity index (χ0v) is 41.7. The molecule has 0 spiro atoms. The maximum absolute atomic E-state index is 13.3. The smallest absolute Gasteiger partial charge is 0.391 e. The largest absolute Gasteiger partial charge is 0.462 e. The average molecular weight is 969 g/mol. The first-order chi connectivity index (χ1) is 33.2. The quantitative estimate of drug-likeness (QED) is 0.0284. The topological polar surface area (TPSA) is 78.4 Å². The van der Waals surface area contributed by atoms with Crippen LogP contribution in [-0.2, 0) is 22.3 Å². The lowest BCUT2D eigenvalue weighted by Gasteiger charge is -2.20. The first-order valence-electron chi connectivity index (χ1n) is 25.8. The summed E-state index contributed by atoms with van der Waals surface area (Å²) in [6.07, 6.45) is 14.7. The molecule has 0 amide bonds. The van der Waals surface area contributed by atoms with Crippen LogP contribution < -0.4 is 0 Å². The van der Waals surface area contributed by atoms with Crippen LogP contribution in [0.3, 0.4) is 0 Å². The number of esters is 2. The van der Waals surface area contributed by atoms with Gasteiger partial charge < -0.3 is 9.47 Å². The van der Waals surface area contributed by atoms with E-state index in [0.717, 1.165) is 80.3 Å². The lowest BCUT2D eigenvalue weighted by atomic mass is 9.97. The van der Waals surface area contributed by atoms with Crippen molar-refractivity contribution in [2.45, 2.75) is 188 Å². The van der Waals surface area contributed by atoms with E-state index in [1.54, 1.807) is 48.5 Å². The molecule has 2 unspecified atom stereocenters. The van der Waals surface area contributed by atoms with E-state index in [2.05, 4.69) is 35.9 Å². The van der Waals surface area contributed by atoms with Gasteiger partial charge in [0.2, 0.25) is 0 Å². The Balaban J connectivity index is 0.000000365. The Labute approximate surface area is 408 Å². The molecule has 4 rings (SSSR count). The molecule has 0 aliphatic carbocycles. The minimum atomic E-state index is -4.27. The molecule has 2 atom stereocenters. The third kappa shape index (κ3) is 23.6. The number of nitrogens with zero attached hydrogens (tertiary/aromatic N) is 2. The van der Waals surface area contributed by atoms with Gasteiger partial charge in [0.25, 0.3) is 0 Å². The molecule has 2 heterocycles. The lowest BCUT2D eigenvalue weighted by Crippen LogP contribution is -2.25. The second-order valence-corrected chi connectivity index (χ2v) is 18.3. The number of halogens is 6. The van der Waals surface area contributed by atoms with Gasteiger partial charge in [0.1, 0.15) is 0 Å². The molecule has 0 aliphatic rings. The summed E-state index contributed by atoms with van der Waals surface area (Å²) < 4.78 is 89.9. The van der Waals surface area contributed by atoms with Gasteiger partial charge in [0.05, 0.1) is 47.6 Å². The number of hydrogen-bond donors (Lipinski definition) is 0. The highest BCUT2D eigenvalue weighted by Crippen LogP contribution is 2.34. The van der Waals surface area contributed by atoms with E-state index < -0.39 is 36.1 Å². The van der Waals surface area contributed by atoms with E-state index in [0.29, 0.717) is 24.0 Å². The molecule has 0 fully saturated rings. The molecule has 4 aromatic rings. The van der Waals surface area contributed by atoms with Gasteiger partial charge in [0, 0.05) is 23.5 Å². The summed E-state index contributed by atoms with van der Waals surface area (Å²) in [5.74, 6) is -4.07. The Kier molecular flexibility index (Phi) is 28.0. The van der Waals surface area contributed by atoms with Crippen molar-refractivity contribution in [3.63, 3.8) is 0 Å². The van der Waals surface area contributed by atoms with Gasteiger partial charge in [-0.1, -0.05) is 160 Å². The van der Waals surface area contributed by atoms with Gasteiger partial charge in [-0.15, -0.1) is 0 Å². The van der Waals surface area contributed by atoms with Crippen LogP contribution in [-0.4, -0.2) is 47.5 Å². The molecule has 2 aromatic carbocycles. The van der Waals surface area contributed by atoms with Gasteiger partial charge in [-0.25, -0.2) is 9.59 Å². The molecule has 0 bridgehead atoms. The normalized spacial score (nSPS) is 12.5. The zero-order valence-electron chi connectivity index (χ0n) is 41.7. The predicted molar refractivity (Wildman–Crippen MR) is 266 cm³/mol. The van der Waals surface area contributed by atoms with Crippen LogP contribution in [0.25, 0.3) is 22.5 Å². The number of unbranched alkanes of at least 4 members (excludes halogenated alkanes) is 13. The number of ether oxygens (including phenoxy) is 2. The molecule has 0 saturated carbocycles. The predicted octanol–water partition coefficient (Wildman–Crippen LogP) is 17.5. The number of hydrogen-bond acceptors (Lipinski definition) is 6. The van der Waals surface area contributed by atoms with Gasteiger partial charge in [-0.05, 0) is 98.9 Å². The Bertz CT molecular complexity index is 1970. The molecule has 0 saturated heterocycles. The first-order valence-corrected chi connectivity index (χ1v) is 25.8. The fourth-order valence-corrected chi connectivity index (χ4v) is 8.06. The van der Waals surface area contributed by atoms with Crippen LogP contribution in [0.4, 0.5) is 26.3 Å². The molecular formula is C57H78F6N2O4.